The zero-order valence-corrected chi connectivity index (χ0v) is 37.3. The van der Waals surface area contributed by atoms with Crippen molar-refractivity contribution in [3.63, 3.8) is 0 Å². The molecule has 8 atom stereocenters. The van der Waals surface area contributed by atoms with Crippen LogP contribution in [-0.2, 0) is 32.7 Å². The van der Waals surface area contributed by atoms with Crippen molar-refractivity contribution in [2.45, 2.75) is 172 Å². The summed E-state index contributed by atoms with van der Waals surface area (Å²) in [6, 6.07) is 0. The van der Waals surface area contributed by atoms with Crippen molar-refractivity contribution in [3.05, 3.63) is 97.2 Å². The van der Waals surface area contributed by atoms with E-state index < -0.39 is 75.7 Å². The van der Waals surface area contributed by atoms with Crippen molar-refractivity contribution in [1.29, 1.82) is 0 Å². The number of aliphatic hydroxyl groups excluding tert-OH is 5. The fourth-order valence-corrected chi connectivity index (χ4v) is 6.83. The van der Waals surface area contributed by atoms with E-state index >= 15 is 0 Å². The van der Waals surface area contributed by atoms with E-state index in [2.05, 4.69) is 98.9 Å². The van der Waals surface area contributed by atoms with Gasteiger partial charge in [-0.25, -0.2) is 4.57 Å². The Morgan fingerprint density at radius 3 is 1.41 bits per heavy atom. The highest BCUT2D eigenvalue weighted by Crippen LogP contribution is 2.47. The number of hydrogen-bond acceptors (Lipinski definition) is 12. The Morgan fingerprint density at radius 2 is 0.934 bits per heavy atom. The van der Waals surface area contributed by atoms with Crippen molar-refractivity contribution >= 4 is 19.8 Å². The van der Waals surface area contributed by atoms with Gasteiger partial charge in [0.15, 0.2) is 6.10 Å². The van der Waals surface area contributed by atoms with Gasteiger partial charge in [-0.15, -0.1) is 0 Å². The Hall–Kier alpha value is -3.23. The van der Waals surface area contributed by atoms with Gasteiger partial charge in [0, 0.05) is 12.8 Å². The first-order valence-electron chi connectivity index (χ1n) is 22.0. The summed E-state index contributed by atoms with van der Waals surface area (Å²) in [4.78, 5) is 35.6. The SMILES string of the molecule is CC/C=C/C/C=C/C/C=C/C/C=C/CCCCC(=O)OC[C@H](COP(=O)(O)OC1C(O)C(O)C(O)[C@H](O)C1O)OC(=O)CCC/C=C/C/C=C/C/C=C/C/C=C/CCCCC. The fourth-order valence-electron chi connectivity index (χ4n) is 5.86. The van der Waals surface area contributed by atoms with Gasteiger partial charge in [-0.2, -0.15) is 0 Å². The topological polar surface area (TPSA) is 210 Å². The molecule has 0 aliphatic heterocycles. The quantitative estimate of drug-likeness (QED) is 0.0156. The van der Waals surface area contributed by atoms with E-state index in [1.807, 2.05) is 12.2 Å². The summed E-state index contributed by atoms with van der Waals surface area (Å²) in [6.45, 7) is 3.05. The number of unbranched alkanes of at least 4 members (excludes halogenated alkanes) is 6. The van der Waals surface area contributed by atoms with E-state index in [0.29, 0.717) is 19.3 Å². The lowest BCUT2D eigenvalue weighted by Gasteiger charge is -2.41. The summed E-state index contributed by atoms with van der Waals surface area (Å²) >= 11 is 0. The number of phosphoric acid groups is 1. The molecule has 0 radical (unpaired) electrons. The molecular formula is C47H75O13P. The Morgan fingerprint density at radius 1 is 0.525 bits per heavy atom. The van der Waals surface area contributed by atoms with Crippen LogP contribution < -0.4 is 0 Å². The Kier molecular flexibility index (Phi) is 33.2. The maximum atomic E-state index is 12.8. The highest BCUT2D eigenvalue weighted by atomic mass is 31.2. The molecule has 0 aromatic heterocycles. The van der Waals surface area contributed by atoms with Crippen LogP contribution in [0.15, 0.2) is 97.2 Å². The number of esters is 2. The highest BCUT2D eigenvalue weighted by molar-refractivity contribution is 7.47. The molecule has 0 bridgehead atoms. The number of phosphoric ester groups is 1. The molecule has 13 nitrogen and oxygen atoms in total. The average molecular weight is 879 g/mol. The molecule has 14 heteroatoms. The molecule has 346 valence electrons. The summed E-state index contributed by atoms with van der Waals surface area (Å²) in [5, 5.41) is 50.1. The second kappa shape index (κ2) is 36.3. The van der Waals surface area contributed by atoms with E-state index in [1.54, 1.807) is 0 Å². The number of hydrogen-bond donors (Lipinski definition) is 6. The van der Waals surface area contributed by atoms with Gasteiger partial charge in [0.2, 0.25) is 0 Å². The van der Waals surface area contributed by atoms with Crippen LogP contribution in [0.2, 0.25) is 0 Å². The van der Waals surface area contributed by atoms with Crippen LogP contribution in [0, 0.1) is 0 Å². The van der Waals surface area contributed by atoms with Gasteiger partial charge in [-0.05, 0) is 89.9 Å². The summed E-state index contributed by atoms with van der Waals surface area (Å²) < 4.78 is 33.4. The Bertz CT molecular complexity index is 1430. The molecule has 0 aromatic rings. The molecule has 6 N–H and O–H groups in total. The number of aliphatic hydroxyl groups is 5. The van der Waals surface area contributed by atoms with Crippen LogP contribution in [-0.4, -0.2) is 98.3 Å². The summed E-state index contributed by atoms with van der Waals surface area (Å²) in [6.07, 6.45) is 34.7. The van der Waals surface area contributed by atoms with Crippen LogP contribution in [0.4, 0.5) is 0 Å². The van der Waals surface area contributed by atoms with Gasteiger partial charge >= 0.3 is 19.8 Å². The van der Waals surface area contributed by atoms with Gasteiger partial charge in [0.1, 0.15) is 43.2 Å². The lowest BCUT2D eigenvalue weighted by atomic mass is 9.85. The van der Waals surface area contributed by atoms with Gasteiger partial charge in [0.05, 0.1) is 6.61 Å². The van der Waals surface area contributed by atoms with Gasteiger partial charge in [-0.3, -0.25) is 18.6 Å². The molecule has 0 spiro atoms. The molecule has 1 saturated carbocycles. The van der Waals surface area contributed by atoms with Crippen LogP contribution >= 0.6 is 7.82 Å². The normalized spacial score (nSPS) is 23.0. The number of carbonyl (C=O) groups excluding carboxylic acids is 2. The van der Waals surface area contributed by atoms with Crippen LogP contribution in [0.5, 0.6) is 0 Å². The highest BCUT2D eigenvalue weighted by Gasteiger charge is 2.51. The third-order valence-electron chi connectivity index (χ3n) is 9.41. The maximum Gasteiger partial charge on any atom is 0.472 e. The molecule has 1 rings (SSSR count). The molecule has 0 amide bonds. The van der Waals surface area contributed by atoms with Crippen LogP contribution in [0.1, 0.15) is 129 Å². The van der Waals surface area contributed by atoms with E-state index in [4.69, 9.17) is 18.5 Å². The predicted octanol–water partition coefficient (Wildman–Crippen LogP) is 8.27. The molecule has 0 saturated heterocycles. The molecule has 1 aliphatic rings. The van der Waals surface area contributed by atoms with Crippen molar-refractivity contribution in [1.82, 2.24) is 0 Å². The third-order valence-corrected chi connectivity index (χ3v) is 10.4. The van der Waals surface area contributed by atoms with Gasteiger partial charge in [0.25, 0.3) is 0 Å². The Balaban J connectivity index is 2.57. The van der Waals surface area contributed by atoms with Crippen molar-refractivity contribution in [3.8, 4) is 0 Å². The van der Waals surface area contributed by atoms with E-state index in [0.717, 1.165) is 64.2 Å². The average Bonchev–Trinajstić information content (AvgIpc) is 3.24. The molecule has 1 fully saturated rings. The van der Waals surface area contributed by atoms with Crippen LogP contribution in [0.3, 0.4) is 0 Å². The van der Waals surface area contributed by atoms with Gasteiger partial charge < -0.3 is 39.9 Å². The Labute approximate surface area is 364 Å². The van der Waals surface area contributed by atoms with Gasteiger partial charge in [-0.1, -0.05) is 124 Å². The first kappa shape index (κ1) is 55.8. The molecule has 0 heterocycles. The van der Waals surface area contributed by atoms with E-state index in [1.165, 1.54) is 19.3 Å². The smallest absolute Gasteiger partial charge is 0.462 e. The second-order valence-electron chi connectivity index (χ2n) is 14.8. The van der Waals surface area contributed by atoms with Crippen molar-refractivity contribution < 1.29 is 63.1 Å². The minimum Gasteiger partial charge on any atom is -0.462 e. The van der Waals surface area contributed by atoms with E-state index in [9.17, 15) is 44.6 Å². The minimum absolute atomic E-state index is 0.00557. The standard InChI is InChI=1S/C47H75O13P/c1-3-5-7-9-11-13-15-17-19-20-22-24-26-28-30-32-34-36-41(49)59-39(38-58-61(55,56)60-47-45(53)43(51)42(50)44(52)46(47)54)37-57-40(48)35-33-31-29-27-25-23-21-18-16-14-12-10-8-6-4-2/h6,8,11-14,17-19,21-22,24-25,27-28,30,39,42-47,50-54H,3-5,7,9-10,15-16,20,23,26,29,31-38H2,1-2H3,(H,55,56)/b8-6+,13-11+,14-12+,19-17+,21-18+,24-22+,27-25+,30-28+/t39-,42?,43+,44?,45?,46?,47?/m1/s1. The first-order valence-corrected chi connectivity index (χ1v) is 23.5. The number of carbonyl (C=O) groups is 2. The first-order chi connectivity index (χ1) is 29.4. The largest absolute Gasteiger partial charge is 0.472 e. The molecule has 1 aliphatic carbocycles. The second-order valence-corrected chi connectivity index (χ2v) is 16.2. The zero-order valence-electron chi connectivity index (χ0n) is 36.4. The maximum absolute atomic E-state index is 12.8. The molecule has 6 unspecified atom stereocenters. The monoisotopic (exact) mass is 878 g/mol. The lowest BCUT2D eigenvalue weighted by Crippen LogP contribution is -2.64. The summed E-state index contributed by atoms with van der Waals surface area (Å²) in [5.74, 6) is -1.23. The number of allylic oxidation sites excluding steroid dienone is 16. The minimum atomic E-state index is -5.15. The molecule has 0 aromatic carbocycles. The summed E-state index contributed by atoms with van der Waals surface area (Å²) in [7, 11) is -5.15. The van der Waals surface area contributed by atoms with Crippen molar-refractivity contribution in [2.24, 2.45) is 0 Å². The van der Waals surface area contributed by atoms with Crippen molar-refractivity contribution in [2.75, 3.05) is 13.2 Å². The lowest BCUT2D eigenvalue weighted by molar-refractivity contribution is -0.220. The third kappa shape index (κ3) is 28.9. The van der Waals surface area contributed by atoms with Crippen LogP contribution in [0.25, 0.3) is 0 Å². The molecule has 61 heavy (non-hydrogen) atoms. The number of ether oxygens (including phenoxy) is 2. The summed E-state index contributed by atoms with van der Waals surface area (Å²) in [5.41, 5.74) is 0. The van der Waals surface area contributed by atoms with E-state index in [-0.39, 0.29) is 12.8 Å². The zero-order chi connectivity index (χ0) is 45.0. The predicted molar refractivity (Wildman–Crippen MR) is 239 cm³/mol. The molecular weight excluding hydrogens is 803 g/mol. The fraction of sp³-hybridized carbons (Fsp3) is 0.617. The number of rotatable bonds is 34.